The van der Waals surface area contributed by atoms with Crippen LogP contribution in [0.5, 0.6) is 0 Å². The Morgan fingerprint density at radius 2 is 2.07 bits per heavy atom. The third-order valence-electron chi connectivity index (χ3n) is 1.69. The van der Waals surface area contributed by atoms with Crippen molar-refractivity contribution in [2.24, 2.45) is 0 Å². The van der Waals surface area contributed by atoms with E-state index in [1.807, 2.05) is 6.92 Å². The third-order valence-corrected chi connectivity index (χ3v) is 2.62. The van der Waals surface area contributed by atoms with E-state index in [2.05, 4.69) is 31.1 Å². The molecule has 0 aromatic carbocycles. The van der Waals surface area contributed by atoms with Gasteiger partial charge in [0.05, 0.1) is 6.10 Å². The largest absolute Gasteiger partial charge is 0.480 e. The van der Waals surface area contributed by atoms with Gasteiger partial charge in [0.2, 0.25) is 0 Å². The van der Waals surface area contributed by atoms with Crippen molar-refractivity contribution in [2.75, 3.05) is 6.61 Å². The molecule has 0 aromatic rings. The van der Waals surface area contributed by atoms with Gasteiger partial charge in [-0.2, -0.15) is 0 Å². The van der Waals surface area contributed by atoms with E-state index in [1.165, 1.54) is 0 Å². The zero-order valence-electron chi connectivity index (χ0n) is 9.96. The van der Waals surface area contributed by atoms with Gasteiger partial charge in [-0.15, -0.1) is 11.5 Å². The number of hydrogen-bond donors (Lipinski definition) is 1. The normalized spacial score (nSPS) is 12.8. The van der Waals surface area contributed by atoms with E-state index in [0.717, 1.165) is 6.42 Å². The summed E-state index contributed by atoms with van der Waals surface area (Å²) in [6, 6.07) is 0. The van der Waals surface area contributed by atoms with Gasteiger partial charge in [-0.1, -0.05) is 26.6 Å². The molecule has 0 spiro atoms. The summed E-state index contributed by atoms with van der Waals surface area (Å²) in [5.41, 5.74) is 3.24. The summed E-state index contributed by atoms with van der Waals surface area (Å²) < 4.78 is 5.18. The van der Waals surface area contributed by atoms with Crippen LogP contribution >= 0.6 is 0 Å². The van der Waals surface area contributed by atoms with Crippen LogP contribution in [0.1, 0.15) is 19.8 Å². The molecule has 0 fully saturated rings. The van der Waals surface area contributed by atoms with E-state index in [1.54, 1.807) is 0 Å². The van der Waals surface area contributed by atoms with E-state index in [4.69, 9.17) is 9.84 Å². The van der Waals surface area contributed by atoms with Gasteiger partial charge >= 0.3 is 5.97 Å². The van der Waals surface area contributed by atoms with Crippen LogP contribution in [-0.2, 0) is 9.53 Å². The van der Waals surface area contributed by atoms with Crippen molar-refractivity contribution < 1.29 is 14.6 Å². The first kappa shape index (κ1) is 14.2. The third kappa shape index (κ3) is 9.51. The molecule has 0 aliphatic heterocycles. The molecule has 86 valence electrons. The number of aliphatic carboxylic acids is 1. The molecule has 0 aromatic heterocycles. The second kappa shape index (κ2) is 6.65. The number of carbonyl (C=O) groups is 1. The fraction of sp³-hybridized carbons (Fsp3) is 0.727. The van der Waals surface area contributed by atoms with E-state index in [0.29, 0.717) is 6.42 Å². The molecule has 0 saturated carbocycles. The summed E-state index contributed by atoms with van der Waals surface area (Å²) in [7, 11) is -1.31. The highest BCUT2D eigenvalue weighted by Gasteiger charge is 2.09. The highest BCUT2D eigenvalue weighted by Crippen LogP contribution is 2.03. The minimum Gasteiger partial charge on any atom is -0.480 e. The smallest absolute Gasteiger partial charge is 0.329 e. The Bertz CT molecular complexity index is 257. The summed E-state index contributed by atoms with van der Waals surface area (Å²) in [5.74, 6) is 2.17. The first-order valence-electron chi connectivity index (χ1n) is 5.18. The van der Waals surface area contributed by atoms with Gasteiger partial charge in [-0.3, -0.25) is 0 Å². The Hall–Kier alpha value is -0.793. The van der Waals surface area contributed by atoms with Gasteiger partial charge in [-0.05, 0) is 6.42 Å². The van der Waals surface area contributed by atoms with Crippen LogP contribution in [0.25, 0.3) is 0 Å². The fourth-order valence-corrected chi connectivity index (χ4v) is 1.57. The van der Waals surface area contributed by atoms with Gasteiger partial charge in [-0.25, -0.2) is 4.79 Å². The van der Waals surface area contributed by atoms with Gasteiger partial charge in [0.15, 0.2) is 0 Å². The van der Waals surface area contributed by atoms with Gasteiger partial charge in [0.25, 0.3) is 0 Å². The molecule has 0 saturated heterocycles. The minimum absolute atomic E-state index is 0.0510. The fourth-order valence-electron chi connectivity index (χ4n) is 0.940. The number of carboxylic acid groups (broad SMARTS) is 1. The summed E-state index contributed by atoms with van der Waals surface area (Å²) in [5, 5.41) is 8.46. The van der Waals surface area contributed by atoms with Crippen molar-refractivity contribution in [3.63, 3.8) is 0 Å². The zero-order valence-corrected chi connectivity index (χ0v) is 11.0. The predicted octanol–water partition coefficient (Wildman–Crippen LogP) is 2.14. The van der Waals surface area contributed by atoms with Gasteiger partial charge in [0.1, 0.15) is 14.7 Å². The molecule has 0 aliphatic rings. The number of ether oxygens (including phenoxy) is 1. The SMILES string of the molecule is CCC(CC#C[Si](C)(C)C)OCC(=O)O. The molecule has 0 radical (unpaired) electrons. The van der Waals surface area contributed by atoms with Crippen molar-refractivity contribution in [2.45, 2.75) is 45.5 Å². The molecule has 1 N–H and O–H groups in total. The molecule has 1 unspecified atom stereocenters. The lowest BCUT2D eigenvalue weighted by Gasteiger charge is -2.11. The Labute approximate surface area is 92.8 Å². The average Bonchev–Trinajstić information content (AvgIpc) is 2.08. The molecular weight excluding hydrogens is 208 g/mol. The molecule has 15 heavy (non-hydrogen) atoms. The lowest BCUT2D eigenvalue weighted by atomic mass is 10.2. The predicted molar refractivity (Wildman–Crippen MR) is 63.4 cm³/mol. The minimum atomic E-state index is -1.31. The molecule has 0 heterocycles. The lowest BCUT2D eigenvalue weighted by Crippen LogP contribution is -2.19. The van der Waals surface area contributed by atoms with Crippen LogP contribution in [0.3, 0.4) is 0 Å². The van der Waals surface area contributed by atoms with Crippen molar-refractivity contribution in [1.82, 2.24) is 0 Å². The number of hydrogen-bond acceptors (Lipinski definition) is 2. The summed E-state index contributed by atoms with van der Waals surface area (Å²) >= 11 is 0. The van der Waals surface area contributed by atoms with Crippen LogP contribution in [0.15, 0.2) is 0 Å². The maximum absolute atomic E-state index is 10.3. The molecule has 0 amide bonds. The molecule has 0 bridgehead atoms. The number of rotatable bonds is 5. The van der Waals surface area contributed by atoms with Crippen LogP contribution in [-0.4, -0.2) is 31.9 Å². The summed E-state index contributed by atoms with van der Waals surface area (Å²) in [4.78, 5) is 10.3. The second-order valence-corrected chi connectivity index (χ2v) is 9.24. The van der Waals surface area contributed by atoms with Crippen molar-refractivity contribution in [1.29, 1.82) is 0 Å². The van der Waals surface area contributed by atoms with Gasteiger partial charge < -0.3 is 9.84 Å². The first-order valence-corrected chi connectivity index (χ1v) is 8.68. The van der Waals surface area contributed by atoms with Crippen LogP contribution in [0, 0.1) is 11.5 Å². The molecular formula is C11H20O3Si. The average molecular weight is 228 g/mol. The van der Waals surface area contributed by atoms with Crippen molar-refractivity contribution in [3.05, 3.63) is 0 Å². The standard InChI is InChI=1S/C11H20O3Si/c1-5-10(14-9-11(12)13)7-6-8-15(2,3)4/h10H,5,7,9H2,1-4H3,(H,12,13). The monoisotopic (exact) mass is 228 g/mol. The molecule has 4 heteroatoms. The van der Waals surface area contributed by atoms with Crippen molar-refractivity contribution >= 4 is 14.0 Å². The number of carboxylic acids is 1. The highest BCUT2D eigenvalue weighted by molar-refractivity contribution is 6.83. The quantitative estimate of drug-likeness (QED) is 0.579. The maximum atomic E-state index is 10.3. The van der Waals surface area contributed by atoms with Crippen LogP contribution in [0.2, 0.25) is 19.6 Å². The van der Waals surface area contributed by atoms with E-state index in [-0.39, 0.29) is 12.7 Å². The van der Waals surface area contributed by atoms with E-state index >= 15 is 0 Å². The maximum Gasteiger partial charge on any atom is 0.329 e. The van der Waals surface area contributed by atoms with Crippen LogP contribution < -0.4 is 0 Å². The van der Waals surface area contributed by atoms with Gasteiger partial charge in [0, 0.05) is 6.42 Å². The molecule has 3 nitrogen and oxygen atoms in total. The Morgan fingerprint density at radius 1 is 1.47 bits per heavy atom. The van der Waals surface area contributed by atoms with Crippen molar-refractivity contribution in [3.8, 4) is 11.5 Å². The topological polar surface area (TPSA) is 46.5 Å². The lowest BCUT2D eigenvalue weighted by molar-refractivity contribution is -0.144. The Morgan fingerprint density at radius 3 is 2.47 bits per heavy atom. The zero-order chi connectivity index (χ0) is 11.9. The Kier molecular flexibility index (Phi) is 6.30. The van der Waals surface area contributed by atoms with E-state index < -0.39 is 14.0 Å². The van der Waals surface area contributed by atoms with E-state index in [9.17, 15) is 4.79 Å². The Balaban J connectivity index is 3.98. The summed E-state index contributed by atoms with van der Waals surface area (Å²) in [6.45, 7) is 8.28. The summed E-state index contributed by atoms with van der Waals surface area (Å²) in [6.07, 6.45) is 1.38. The highest BCUT2D eigenvalue weighted by atomic mass is 28.3. The van der Waals surface area contributed by atoms with Crippen LogP contribution in [0.4, 0.5) is 0 Å². The second-order valence-electron chi connectivity index (χ2n) is 4.49. The first-order chi connectivity index (χ1) is 6.85. The molecule has 0 aliphatic carbocycles. The molecule has 1 atom stereocenters. The molecule has 0 rings (SSSR count).